The molecule has 0 saturated carbocycles. The summed E-state index contributed by atoms with van der Waals surface area (Å²) >= 11 is 1.56. The van der Waals surface area contributed by atoms with Crippen LogP contribution in [-0.4, -0.2) is 0 Å². The number of nitrogens with zero attached hydrogens (tertiary/aromatic N) is 1. The number of benzene rings is 1. The van der Waals surface area contributed by atoms with Crippen LogP contribution in [0.25, 0.3) is 10.1 Å². The Kier molecular flexibility index (Phi) is 1.71. The maximum absolute atomic E-state index is 8.84. The van der Waals surface area contributed by atoms with Gasteiger partial charge >= 0.3 is 0 Å². The molecule has 2 N–H and O–H groups in total. The molecule has 1 aromatic carbocycles. The van der Waals surface area contributed by atoms with Crippen LogP contribution in [0, 0.1) is 18.3 Å². The molecule has 2 rings (SSSR count). The minimum atomic E-state index is 0.682. The summed E-state index contributed by atoms with van der Waals surface area (Å²) in [7, 11) is 0. The highest BCUT2D eigenvalue weighted by Gasteiger charge is 2.07. The molecule has 0 amide bonds. The minimum Gasteiger partial charge on any atom is -0.398 e. The van der Waals surface area contributed by atoms with Gasteiger partial charge in [0.25, 0.3) is 0 Å². The highest BCUT2D eigenvalue weighted by Crippen LogP contribution is 2.32. The molecular weight excluding hydrogens is 180 g/mol. The van der Waals surface area contributed by atoms with E-state index in [0.717, 1.165) is 21.3 Å². The molecule has 2 aromatic rings. The van der Waals surface area contributed by atoms with E-state index in [2.05, 4.69) is 6.07 Å². The van der Waals surface area contributed by atoms with Crippen LogP contribution in [0.4, 0.5) is 5.69 Å². The minimum absolute atomic E-state index is 0.682. The van der Waals surface area contributed by atoms with Crippen molar-refractivity contribution in [3.8, 4) is 6.07 Å². The Hall–Kier alpha value is -1.53. The van der Waals surface area contributed by atoms with E-state index in [9.17, 15) is 0 Å². The van der Waals surface area contributed by atoms with Crippen LogP contribution in [-0.2, 0) is 0 Å². The standard InChI is InChI=1S/C10H8N2S/c1-6-2-3-8-9(10(6)12)7(4-11)5-13-8/h2-3,5H,12H2,1H3. The van der Waals surface area contributed by atoms with E-state index >= 15 is 0 Å². The van der Waals surface area contributed by atoms with Crippen LogP contribution in [0.15, 0.2) is 17.5 Å². The second-order valence-electron chi connectivity index (χ2n) is 2.93. The summed E-state index contributed by atoms with van der Waals surface area (Å²) in [5, 5.41) is 11.6. The van der Waals surface area contributed by atoms with Gasteiger partial charge in [0.2, 0.25) is 0 Å². The summed E-state index contributed by atoms with van der Waals surface area (Å²) < 4.78 is 1.08. The average molecular weight is 188 g/mol. The van der Waals surface area contributed by atoms with Gasteiger partial charge in [-0.2, -0.15) is 5.26 Å². The molecule has 13 heavy (non-hydrogen) atoms. The number of aryl methyl sites for hydroxylation is 1. The SMILES string of the molecule is Cc1ccc2scc(C#N)c2c1N. The number of nitriles is 1. The largest absolute Gasteiger partial charge is 0.398 e. The molecule has 1 heterocycles. The van der Waals surface area contributed by atoms with Gasteiger partial charge in [0.15, 0.2) is 0 Å². The lowest BCUT2D eigenvalue weighted by molar-refractivity contribution is 1.49. The quantitative estimate of drug-likeness (QED) is 0.646. The van der Waals surface area contributed by atoms with Gasteiger partial charge < -0.3 is 5.73 Å². The van der Waals surface area contributed by atoms with Gasteiger partial charge in [0.1, 0.15) is 6.07 Å². The van der Waals surface area contributed by atoms with Gasteiger partial charge in [-0.25, -0.2) is 0 Å². The van der Waals surface area contributed by atoms with E-state index in [1.54, 1.807) is 11.3 Å². The molecule has 64 valence electrons. The maximum Gasteiger partial charge on any atom is 0.101 e. The third-order valence-corrected chi connectivity index (χ3v) is 3.07. The molecule has 0 bridgehead atoms. The highest BCUT2D eigenvalue weighted by atomic mass is 32.1. The van der Waals surface area contributed by atoms with Gasteiger partial charge in [-0.05, 0) is 18.6 Å². The molecule has 0 aliphatic carbocycles. The molecule has 0 fully saturated rings. The lowest BCUT2D eigenvalue weighted by Crippen LogP contribution is -1.90. The number of anilines is 1. The lowest BCUT2D eigenvalue weighted by Gasteiger charge is -2.00. The van der Waals surface area contributed by atoms with E-state index in [1.165, 1.54) is 0 Å². The Balaban J connectivity index is 2.95. The molecular formula is C10H8N2S. The zero-order valence-electron chi connectivity index (χ0n) is 7.16. The topological polar surface area (TPSA) is 49.8 Å². The first-order valence-electron chi connectivity index (χ1n) is 3.90. The van der Waals surface area contributed by atoms with Crippen LogP contribution in [0.1, 0.15) is 11.1 Å². The summed E-state index contributed by atoms with van der Waals surface area (Å²) in [6, 6.07) is 6.14. The van der Waals surface area contributed by atoms with E-state index in [0.29, 0.717) is 5.56 Å². The van der Waals surface area contributed by atoms with Gasteiger partial charge in [-0.15, -0.1) is 11.3 Å². The molecule has 0 saturated heterocycles. The zero-order valence-corrected chi connectivity index (χ0v) is 7.98. The molecule has 0 aliphatic rings. The number of nitrogen functional groups attached to an aromatic ring is 1. The predicted molar refractivity (Wildman–Crippen MR) is 55.7 cm³/mol. The van der Waals surface area contributed by atoms with Crippen molar-refractivity contribution in [2.45, 2.75) is 6.92 Å². The molecule has 0 spiro atoms. The van der Waals surface area contributed by atoms with Crippen molar-refractivity contribution < 1.29 is 0 Å². The molecule has 2 nitrogen and oxygen atoms in total. The number of rotatable bonds is 0. The van der Waals surface area contributed by atoms with Crippen LogP contribution >= 0.6 is 11.3 Å². The number of nitrogens with two attached hydrogens (primary N) is 1. The van der Waals surface area contributed by atoms with Crippen molar-refractivity contribution in [2.75, 3.05) is 5.73 Å². The molecule has 1 aromatic heterocycles. The van der Waals surface area contributed by atoms with Crippen LogP contribution in [0.3, 0.4) is 0 Å². The maximum atomic E-state index is 8.84. The Morgan fingerprint density at radius 3 is 2.92 bits per heavy atom. The van der Waals surface area contributed by atoms with E-state index in [1.807, 2.05) is 24.4 Å². The molecule has 0 aliphatic heterocycles. The Labute approximate surface area is 80.2 Å². The van der Waals surface area contributed by atoms with Crippen LogP contribution < -0.4 is 5.73 Å². The lowest BCUT2D eigenvalue weighted by atomic mass is 10.1. The van der Waals surface area contributed by atoms with Crippen molar-refractivity contribution >= 4 is 27.1 Å². The summed E-state index contributed by atoms with van der Waals surface area (Å²) in [6.45, 7) is 1.95. The van der Waals surface area contributed by atoms with E-state index in [4.69, 9.17) is 11.0 Å². The monoisotopic (exact) mass is 188 g/mol. The van der Waals surface area contributed by atoms with Crippen LogP contribution in [0.2, 0.25) is 0 Å². The fourth-order valence-corrected chi connectivity index (χ4v) is 2.24. The first-order valence-corrected chi connectivity index (χ1v) is 4.78. The van der Waals surface area contributed by atoms with Crippen molar-refractivity contribution in [1.29, 1.82) is 5.26 Å². The van der Waals surface area contributed by atoms with Gasteiger partial charge in [0, 0.05) is 21.2 Å². The van der Waals surface area contributed by atoms with Gasteiger partial charge in [-0.3, -0.25) is 0 Å². The summed E-state index contributed by atoms with van der Waals surface area (Å²) in [5.74, 6) is 0. The second-order valence-corrected chi connectivity index (χ2v) is 3.84. The van der Waals surface area contributed by atoms with Crippen molar-refractivity contribution in [3.05, 3.63) is 28.6 Å². The van der Waals surface area contributed by atoms with Gasteiger partial charge in [-0.1, -0.05) is 6.07 Å². The van der Waals surface area contributed by atoms with Gasteiger partial charge in [0.05, 0.1) is 5.56 Å². The van der Waals surface area contributed by atoms with Crippen LogP contribution in [0.5, 0.6) is 0 Å². The Bertz CT molecular complexity index is 505. The van der Waals surface area contributed by atoms with E-state index in [-0.39, 0.29) is 0 Å². The molecule has 0 unspecified atom stereocenters. The highest BCUT2D eigenvalue weighted by molar-refractivity contribution is 7.17. The fourth-order valence-electron chi connectivity index (χ4n) is 1.34. The van der Waals surface area contributed by atoms with E-state index < -0.39 is 0 Å². The number of thiophene rings is 1. The molecule has 0 atom stereocenters. The molecule has 0 radical (unpaired) electrons. The Morgan fingerprint density at radius 2 is 2.23 bits per heavy atom. The summed E-state index contributed by atoms with van der Waals surface area (Å²) in [4.78, 5) is 0. The van der Waals surface area contributed by atoms with Crippen molar-refractivity contribution in [3.63, 3.8) is 0 Å². The third-order valence-electron chi connectivity index (χ3n) is 2.12. The smallest absolute Gasteiger partial charge is 0.101 e. The first-order chi connectivity index (χ1) is 6.24. The fraction of sp³-hybridized carbons (Fsp3) is 0.100. The third kappa shape index (κ3) is 1.07. The number of hydrogen-bond acceptors (Lipinski definition) is 3. The normalized spacial score (nSPS) is 10.2. The molecule has 3 heteroatoms. The average Bonchev–Trinajstić information content (AvgIpc) is 2.55. The zero-order chi connectivity index (χ0) is 9.42. The number of fused-ring (bicyclic) bond motifs is 1. The van der Waals surface area contributed by atoms with Crippen molar-refractivity contribution in [1.82, 2.24) is 0 Å². The second kappa shape index (κ2) is 2.75. The first kappa shape index (κ1) is 8.09. The summed E-state index contributed by atoms with van der Waals surface area (Å²) in [5.41, 5.74) is 8.34. The van der Waals surface area contributed by atoms with Crippen molar-refractivity contribution in [2.24, 2.45) is 0 Å². The predicted octanol–water partition coefficient (Wildman–Crippen LogP) is 2.66. The summed E-state index contributed by atoms with van der Waals surface area (Å²) in [6.07, 6.45) is 0. The Morgan fingerprint density at radius 1 is 1.46 bits per heavy atom. The number of hydrogen-bond donors (Lipinski definition) is 1.